The summed E-state index contributed by atoms with van der Waals surface area (Å²) in [5, 5.41) is 4.15. The van der Waals surface area contributed by atoms with Crippen LogP contribution >= 0.6 is 15.9 Å². The highest BCUT2D eigenvalue weighted by Gasteiger charge is 2.42. The van der Waals surface area contributed by atoms with Gasteiger partial charge in [0.2, 0.25) is 0 Å². The lowest BCUT2D eigenvalue weighted by molar-refractivity contribution is -0.122. The predicted octanol–water partition coefficient (Wildman–Crippen LogP) is 1.62. The average molecular weight is 408 g/mol. The number of halogens is 1. The van der Waals surface area contributed by atoms with Crippen LogP contribution in [-0.4, -0.2) is 62.0 Å². The Morgan fingerprint density at radius 3 is 2.84 bits per heavy atom. The first-order valence-electron chi connectivity index (χ1n) is 8.34. The van der Waals surface area contributed by atoms with E-state index in [1.54, 1.807) is 0 Å². The van der Waals surface area contributed by atoms with Crippen molar-refractivity contribution in [2.24, 2.45) is 5.10 Å². The molecule has 1 aromatic carbocycles. The van der Waals surface area contributed by atoms with Gasteiger partial charge in [-0.2, -0.15) is 5.10 Å². The van der Waals surface area contributed by atoms with Crippen molar-refractivity contribution in [2.45, 2.75) is 25.4 Å². The lowest BCUT2D eigenvalue weighted by Crippen LogP contribution is -2.66. The third kappa shape index (κ3) is 2.50. The van der Waals surface area contributed by atoms with Crippen molar-refractivity contribution >= 4 is 39.0 Å². The number of hydrogen-bond acceptors (Lipinski definition) is 6. The Labute approximate surface area is 155 Å². The quantitative estimate of drug-likeness (QED) is 0.806. The number of hydrogen-bond donors (Lipinski definition) is 1. The third-order valence-electron chi connectivity index (χ3n) is 5.38. The van der Waals surface area contributed by atoms with Gasteiger partial charge in [-0.05, 0) is 49.0 Å². The fourth-order valence-corrected chi connectivity index (χ4v) is 4.50. The normalized spacial score (nSPS) is 24.4. The summed E-state index contributed by atoms with van der Waals surface area (Å²) in [4.78, 5) is 18.6. The largest absolute Gasteiger partial charge is 0.483 e. The number of amides is 1. The van der Waals surface area contributed by atoms with Crippen LogP contribution in [0, 0.1) is 0 Å². The molecule has 1 N–H and O–H groups in total. The number of ether oxygens (including phenoxy) is 1. The molecule has 1 fully saturated rings. The van der Waals surface area contributed by atoms with Gasteiger partial charge in [0, 0.05) is 24.6 Å². The van der Waals surface area contributed by atoms with E-state index in [4.69, 9.17) is 4.74 Å². The molecule has 3 aliphatic heterocycles. The summed E-state index contributed by atoms with van der Waals surface area (Å²) < 4.78 is 6.84. The van der Waals surface area contributed by atoms with E-state index in [0.29, 0.717) is 6.61 Å². The molecule has 1 atom stereocenters. The number of likely N-dealkylation sites (tertiary alicyclic amines) is 1. The third-order valence-corrected chi connectivity index (χ3v) is 6.01. The molecule has 0 aliphatic carbocycles. The summed E-state index contributed by atoms with van der Waals surface area (Å²) in [7, 11) is 4.24. The van der Waals surface area contributed by atoms with Crippen LogP contribution in [0.3, 0.4) is 0 Å². The first kappa shape index (κ1) is 16.7. The molecule has 4 rings (SSSR count). The van der Waals surface area contributed by atoms with Crippen molar-refractivity contribution < 1.29 is 9.53 Å². The highest BCUT2D eigenvalue weighted by atomic mass is 79.9. The van der Waals surface area contributed by atoms with Gasteiger partial charge in [0.15, 0.2) is 5.84 Å². The van der Waals surface area contributed by atoms with Crippen LogP contribution in [0.15, 0.2) is 21.7 Å². The summed E-state index contributed by atoms with van der Waals surface area (Å²) in [6.45, 7) is 6.52. The number of benzene rings is 1. The lowest BCUT2D eigenvalue weighted by Gasteiger charge is -2.53. The molecule has 0 aromatic heterocycles. The number of rotatable bonds is 2. The molecular formula is C17H22BrN5O2. The second-order valence-corrected chi connectivity index (χ2v) is 8.19. The average Bonchev–Trinajstić information content (AvgIpc) is 2.55. The second-order valence-electron chi connectivity index (χ2n) is 7.34. The molecule has 0 bridgehead atoms. The number of hydrazone groups is 1. The van der Waals surface area contributed by atoms with Gasteiger partial charge in [-0.25, -0.2) is 5.43 Å². The van der Waals surface area contributed by atoms with Crippen molar-refractivity contribution in [1.82, 2.24) is 10.3 Å². The van der Waals surface area contributed by atoms with Gasteiger partial charge >= 0.3 is 0 Å². The summed E-state index contributed by atoms with van der Waals surface area (Å²) in [6, 6.07) is 3.76. The molecule has 0 saturated carbocycles. The van der Waals surface area contributed by atoms with Crippen LogP contribution in [0.5, 0.6) is 5.75 Å². The molecular weight excluding hydrogens is 386 g/mol. The number of likely N-dealkylation sites (N-methyl/N-ethyl adjacent to an activating group) is 2. The van der Waals surface area contributed by atoms with E-state index < -0.39 is 0 Å². The molecule has 25 heavy (non-hydrogen) atoms. The topological polar surface area (TPSA) is 60.4 Å². The van der Waals surface area contributed by atoms with Crippen molar-refractivity contribution in [3.05, 3.63) is 16.6 Å². The minimum atomic E-state index is -0.320. The molecule has 0 spiro atoms. The molecule has 1 amide bonds. The molecule has 134 valence electrons. The maximum absolute atomic E-state index is 12.1. The van der Waals surface area contributed by atoms with E-state index in [1.165, 1.54) is 0 Å². The number of carbonyl (C=O) groups is 1. The summed E-state index contributed by atoms with van der Waals surface area (Å²) in [5.74, 6) is 1.38. The minimum Gasteiger partial charge on any atom is -0.483 e. The maximum Gasteiger partial charge on any atom is 0.262 e. The number of carbonyl (C=O) groups excluding carboxylic acids is 1. The highest BCUT2D eigenvalue weighted by molar-refractivity contribution is 9.10. The van der Waals surface area contributed by atoms with E-state index in [1.807, 2.05) is 17.9 Å². The van der Waals surface area contributed by atoms with Gasteiger partial charge in [0.1, 0.15) is 18.4 Å². The Balaban J connectivity index is 1.76. The Morgan fingerprint density at radius 1 is 1.44 bits per heavy atom. The Morgan fingerprint density at radius 2 is 2.16 bits per heavy atom. The van der Waals surface area contributed by atoms with Crippen LogP contribution < -0.4 is 20.0 Å². The van der Waals surface area contributed by atoms with Gasteiger partial charge in [0.25, 0.3) is 5.91 Å². The zero-order valence-electron chi connectivity index (χ0n) is 14.8. The van der Waals surface area contributed by atoms with E-state index in [-0.39, 0.29) is 17.5 Å². The second kappa shape index (κ2) is 5.60. The van der Waals surface area contributed by atoms with Crippen LogP contribution in [0.1, 0.15) is 13.8 Å². The monoisotopic (exact) mass is 407 g/mol. The van der Waals surface area contributed by atoms with E-state index in [0.717, 1.165) is 40.5 Å². The fourth-order valence-electron chi connectivity index (χ4n) is 3.91. The van der Waals surface area contributed by atoms with Crippen LogP contribution in [0.2, 0.25) is 0 Å². The summed E-state index contributed by atoms with van der Waals surface area (Å²) in [6.07, 6.45) is 0. The number of amidine groups is 1. The standard InChI is InChI=1S/C17H22BrN5O2/c1-10-16(24)20-19-15-7-25-14-5-11(18)12(6-13(14)23(10)15)22(4)17(2)8-21(3)9-17/h5-6,10H,7-9H2,1-4H3,(H,20,24)/t10-/m1/s1. The zero-order valence-corrected chi connectivity index (χ0v) is 16.4. The molecule has 0 radical (unpaired) electrons. The number of nitrogens with zero attached hydrogens (tertiary/aromatic N) is 4. The van der Waals surface area contributed by atoms with Gasteiger partial charge in [-0.15, -0.1) is 0 Å². The molecule has 8 heteroatoms. The zero-order chi connectivity index (χ0) is 17.9. The van der Waals surface area contributed by atoms with Gasteiger partial charge in [-0.1, -0.05) is 0 Å². The number of fused-ring (bicyclic) bond motifs is 3. The predicted molar refractivity (Wildman–Crippen MR) is 101 cm³/mol. The van der Waals surface area contributed by atoms with E-state index in [9.17, 15) is 4.79 Å². The maximum atomic E-state index is 12.1. The van der Waals surface area contributed by atoms with Gasteiger partial charge < -0.3 is 19.4 Å². The van der Waals surface area contributed by atoms with Gasteiger partial charge in [0.05, 0.1) is 16.9 Å². The Kier molecular flexibility index (Phi) is 3.73. The van der Waals surface area contributed by atoms with Crippen molar-refractivity contribution in [3.8, 4) is 5.75 Å². The first-order valence-corrected chi connectivity index (χ1v) is 9.14. The molecule has 3 heterocycles. The fraction of sp³-hybridized carbons (Fsp3) is 0.529. The first-order chi connectivity index (χ1) is 11.8. The smallest absolute Gasteiger partial charge is 0.262 e. The van der Waals surface area contributed by atoms with Crippen LogP contribution in [0.4, 0.5) is 11.4 Å². The van der Waals surface area contributed by atoms with Crippen molar-refractivity contribution in [3.63, 3.8) is 0 Å². The summed E-state index contributed by atoms with van der Waals surface area (Å²) in [5.41, 5.74) is 4.61. The lowest BCUT2D eigenvalue weighted by atomic mass is 9.90. The molecule has 3 aliphatic rings. The van der Waals surface area contributed by atoms with Crippen LogP contribution in [0.25, 0.3) is 0 Å². The molecule has 1 saturated heterocycles. The SMILES string of the molecule is C[C@@H]1C(=O)NN=C2COc3cc(Br)c(N(C)C4(C)CN(C)C4)cc3N21. The molecule has 1 aromatic rings. The number of nitrogens with one attached hydrogen (secondary N) is 1. The summed E-state index contributed by atoms with van der Waals surface area (Å²) >= 11 is 3.69. The Hall–Kier alpha value is -1.80. The van der Waals surface area contributed by atoms with Crippen molar-refractivity contribution in [1.29, 1.82) is 0 Å². The van der Waals surface area contributed by atoms with Crippen LogP contribution in [-0.2, 0) is 4.79 Å². The molecule has 0 unspecified atom stereocenters. The minimum absolute atomic E-state index is 0.0861. The van der Waals surface area contributed by atoms with E-state index >= 15 is 0 Å². The van der Waals surface area contributed by atoms with Gasteiger partial charge in [-0.3, -0.25) is 4.79 Å². The molecule has 7 nitrogen and oxygen atoms in total. The number of anilines is 2. The highest BCUT2D eigenvalue weighted by Crippen LogP contribution is 2.44. The Bertz CT molecular complexity index is 775. The van der Waals surface area contributed by atoms with E-state index in [2.05, 4.69) is 63.3 Å². The van der Waals surface area contributed by atoms with Crippen molar-refractivity contribution in [2.75, 3.05) is 43.6 Å².